The number of rotatable bonds is 8. The van der Waals surface area contributed by atoms with Gasteiger partial charge in [0, 0.05) is 19.5 Å². The molecular weight excluding hydrogens is 336 g/mol. The second kappa shape index (κ2) is 8.78. The molecule has 25 heavy (non-hydrogen) atoms. The van der Waals surface area contributed by atoms with E-state index in [1.165, 1.54) is 0 Å². The van der Waals surface area contributed by atoms with Gasteiger partial charge in [-0.3, -0.25) is 4.79 Å². The van der Waals surface area contributed by atoms with Gasteiger partial charge in [-0.1, -0.05) is 42.5 Å². The molecule has 2 rings (SSSR count). The Balaban J connectivity index is 1.77. The van der Waals surface area contributed by atoms with Crippen molar-refractivity contribution >= 4 is 15.9 Å². The summed E-state index contributed by atoms with van der Waals surface area (Å²) in [7, 11) is -3.60. The Bertz CT molecular complexity index is 818. The monoisotopic (exact) mass is 360 g/mol. The minimum absolute atomic E-state index is 0.0763. The van der Waals surface area contributed by atoms with Gasteiger partial charge in [-0.05, 0) is 43.0 Å². The summed E-state index contributed by atoms with van der Waals surface area (Å²) in [5, 5.41) is 2.80. The van der Waals surface area contributed by atoms with E-state index in [0.717, 1.165) is 17.5 Å². The number of carbonyl (C=O) groups excluding carboxylic acids is 1. The van der Waals surface area contributed by atoms with Crippen LogP contribution in [0.25, 0.3) is 0 Å². The lowest BCUT2D eigenvalue weighted by molar-refractivity contribution is -0.120. The molecule has 0 unspecified atom stereocenters. The molecule has 134 valence electrons. The Hall–Kier alpha value is -2.18. The average Bonchev–Trinajstić information content (AvgIpc) is 2.58. The molecule has 0 radical (unpaired) electrons. The molecule has 0 fully saturated rings. The van der Waals surface area contributed by atoms with Crippen molar-refractivity contribution in [3.8, 4) is 0 Å². The van der Waals surface area contributed by atoms with Crippen LogP contribution in [-0.2, 0) is 21.2 Å². The maximum atomic E-state index is 12.3. The van der Waals surface area contributed by atoms with E-state index in [0.29, 0.717) is 12.1 Å². The van der Waals surface area contributed by atoms with Crippen LogP contribution in [0.3, 0.4) is 0 Å². The van der Waals surface area contributed by atoms with Gasteiger partial charge in [0.15, 0.2) is 0 Å². The summed E-state index contributed by atoms with van der Waals surface area (Å²) in [6, 6.07) is 15.2. The highest BCUT2D eigenvalue weighted by atomic mass is 32.2. The minimum atomic E-state index is -3.60. The predicted molar refractivity (Wildman–Crippen MR) is 98.9 cm³/mol. The van der Waals surface area contributed by atoms with Gasteiger partial charge in [0.25, 0.3) is 0 Å². The second-order valence-corrected chi connectivity index (χ2v) is 7.74. The molecule has 0 aliphatic heterocycles. The zero-order valence-corrected chi connectivity index (χ0v) is 15.4. The highest BCUT2D eigenvalue weighted by Gasteiger charge is 2.16. The molecule has 1 amide bonds. The summed E-state index contributed by atoms with van der Waals surface area (Å²) in [6.45, 7) is 4.21. The van der Waals surface area contributed by atoms with Gasteiger partial charge in [-0.15, -0.1) is 0 Å². The number of carbonyl (C=O) groups is 1. The summed E-state index contributed by atoms with van der Waals surface area (Å²) in [5.41, 5.74) is 2.72. The Labute approximate surface area is 149 Å². The number of benzene rings is 2. The summed E-state index contributed by atoms with van der Waals surface area (Å²) < 4.78 is 27.2. The topological polar surface area (TPSA) is 75.3 Å². The average molecular weight is 360 g/mol. The Morgan fingerprint density at radius 1 is 1.00 bits per heavy atom. The Kier molecular flexibility index (Phi) is 6.73. The van der Waals surface area contributed by atoms with E-state index in [1.807, 2.05) is 43.3 Å². The molecule has 0 saturated heterocycles. The van der Waals surface area contributed by atoms with Crippen LogP contribution >= 0.6 is 0 Å². The van der Waals surface area contributed by atoms with E-state index >= 15 is 0 Å². The molecule has 0 heterocycles. The first-order valence-corrected chi connectivity index (χ1v) is 9.74. The predicted octanol–water partition coefficient (Wildman–Crippen LogP) is 2.33. The molecule has 0 atom stereocenters. The van der Waals surface area contributed by atoms with Gasteiger partial charge in [0.1, 0.15) is 0 Å². The standard InChI is InChI=1S/C19H24N2O3S/c1-15-8-9-16(2)18(14-15)25(23,24)21-13-11-19(22)20-12-10-17-6-4-3-5-7-17/h3-9,14,21H,10-13H2,1-2H3,(H,20,22). The summed E-state index contributed by atoms with van der Waals surface area (Å²) in [6.07, 6.45) is 0.861. The molecule has 0 aromatic heterocycles. The van der Waals surface area contributed by atoms with Crippen molar-refractivity contribution in [3.05, 3.63) is 65.2 Å². The van der Waals surface area contributed by atoms with Crippen LogP contribution in [-0.4, -0.2) is 27.4 Å². The third-order valence-corrected chi connectivity index (χ3v) is 5.46. The van der Waals surface area contributed by atoms with Crippen molar-refractivity contribution in [2.75, 3.05) is 13.1 Å². The van der Waals surface area contributed by atoms with Crippen molar-refractivity contribution in [3.63, 3.8) is 0 Å². The van der Waals surface area contributed by atoms with E-state index in [4.69, 9.17) is 0 Å². The van der Waals surface area contributed by atoms with Crippen LogP contribution < -0.4 is 10.0 Å². The zero-order chi connectivity index (χ0) is 18.3. The summed E-state index contributed by atoms with van der Waals surface area (Å²) >= 11 is 0. The van der Waals surface area contributed by atoms with Gasteiger partial charge >= 0.3 is 0 Å². The molecule has 0 aliphatic rings. The summed E-state index contributed by atoms with van der Waals surface area (Å²) in [4.78, 5) is 12.1. The summed E-state index contributed by atoms with van der Waals surface area (Å²) in [5.74, 6) is -0.167. The first-order chi connectivity index (χ1) is 11.9. The second-order valence-electron chi connectivity index (χ2n) is 6.00. The highest BCUT2D eigenvalue weighted by Crippen LogP contribution is 2.16. The molecule has 6 heteroatoms. The fourth-order valence-electron chi connectivity index (χ4n) is 2.45. The minimum Gasteiger partial charge on any atom is -0.356 e. The fourth-order valence-corrected chi connectivity index (χ4v) is 3.81. The van der Waals surface area contributed by atoms with Crippen molar-refractivity contribution in [1.82, 2.24) is 10.0 Å². The molecule has 0 spiro atoms. The van der Waals surface area contributed by atoms with Crippen LogP contribution in [0.4, 0.5) is 0 Å². The molecule has 2 aromatic carbocycles. The van der Waals surface area contributed by atoms with E-state index in [-0.39, 0.29) is 23.8 Å². The number of amides is 1. The van der Waals surface area contributed by atoms with Gasteiger partial charge in [0.05, 0.1) is 4.90 Å². The van der Waals surface area contributed by atoms with Crippen LogP contribution in [0.15, 0.2) is 53.4 Å². The Morgan fingerprint density at radius 2 is 1.72 bits per heavy atom. The van der Waals surface area contributed by atoms with Crippen LogP contribution in [0.2, 0.25) is 0 Å². The van der Waals surface area contributed by atoms with Crippen molar-refractivity contribution in [1.29, 1.82) is 0 Å². The largest absolute Gasteiger partial charge is 0.356 e. The van der Waals surface area contributed by atoms with Crippen molar-refractivity contribution < 1.29 is 13.2 Å². The maximum Gasteiger partial charge on any atom is 0.240 e. The molecule has 0 bridgehead atoms. The Morgan fingerprint density at radius 3 is 2.44 bits per heavy atom. The molecule has 2 N–H and O–H groups in total. The lowest BCUT2D eigenvalue weighted by Gasteiger charge is -2.10. The lowest BCUT2D eigenvalue weighted by atomic mass is 10.1. The normalized spacial score (nSPS) is 11.3. The first-order valence-electron chi connectivity index (χ1n) is 8.26. The van der Waals surface area contributed by atoms with Gasteiger partial charge in [-0.2, -0.15) is 0 Å². The smallest absolute Gasteiger partial charge is 0.240 e. The van der Waals surface area contributed by atoms with Crippen LogP contribution in [0.1, 0.15) is 23.1 Å². The van der Waals surface area contributed by atoms with Gasteiger partial charge in [0.2, 0.25) is 15.9 Å². The van der Waals surface area contributed by atoms with Gasteiger partial charge < -0.3 is 5.32 Å². The molecule has 5 nitrogen and oxygen atoms in total. The molecular formula is C19H24N2O3S. The van der Waals surface area contributed by atoms with E-state index < -0.39 is 10.0 Å². The van der Waals surface area contributed by atoms with Gasteiger partial charge in [-0.25, -0.2) is 13.1 Å². The maximum absolute atomic E-state index is 12.3. The third kappa shape index (κ3) is 5.99. The van der Waals surface area contributed by atoms with Crippen LogP contribution in [0, 0.1) is 13.8 Å². The lowest BCUT2D eigenvalue weighted by Crippen LogP contribution is -2.32. The first kappa shape index (κ1) is 19.1. The number of aryl methyl sites for hydroxylation is 2. The number of hydrogen-bond donors (Lipinski definition) is 2. The number of hydrogen-bond acceptors (Lipinski definition) is 3. The fraction of sp³-hybridized carbons (Fsp3) is 0.316. The van der Waals surface area contributed by atoms with Crippen LogP contribution in [0.5, 0.6) is 0 Å². The zero-order valence-electron chi connectivity index (χ0n) is 14.6. The highest BCUT2D eigenvalue weighted by molar-refractivity contribution is 7.89. The van der Waals surface area contributed by atoms with E-state index in [9.17, 15) is 13.2 Å². The third-order valence-electron chi connectivity index (χ3n) is 3.86. The van der Waals surface area contributed by atoms with E-state index in [1.54, 1.807) is 19.1 Å². The number of sulfonamides is 1. The van der Waals surface area contributed by atoms with Crippen molar-refractivity contribution in [2.24, 2.45) is 0 Å². The molecule has 2 aromatic rings. The molecule has 0 aliphatic carbocycles. The number of nitrogens with one attached hydrogen (secondary N) is 2. The SMILES string of the molecule is Cc1ccc(C)c(S(=O)(=O)NCCC(=O)NCCc2ccccc2)c1. The van der Waals surface area contributed by atoms with Crippen molar-refractivity contribution in [2.45, 2.75) is 31.6 Å². The van der Waals surface area contributed by atoms with E-state index in [2.05, 4.69) is 10.0 Å². The molecule has 0 saturated carbocycles. The quantitative estimate of drug-likeness (QED) is 0.759.